The molecule has 0 saturated carbocycles. The number of benzene rings is 2. The van der Waals surface area contributed by atoms with Crippen molar-refractivity contribution in [1.82, 2.24) is 0 Å². The Morgan fingerprint density at radius 2 is 1.68 bits per heavy atom. The first-order chi connectivity index (χ1) is 9.01. The summed E-state index contributed by atoms with van der Waals surface area (Å²) in [6, 6.07) is 10.1. The van der Waals surface area contributed by atoms with E-state index >= 15 is 0 Å². The van der Waals surface area contributed by atoms with Gasteiger partial charge in [0.25, 0.3) is 0 Å². The maximum absolute atomic E-state index is 5.97. The van der Waals surface area contributed by atoms with Crippen LogP contribution < -0.4 is 10.5 Å². The lowest BCUT2D eigenvalue weighted by Crippen LogP contribution is -2.00. The van der Waals surface area contributed by atoms with Gasteiger partial charge in [-0.1, -0.05) is 33.6 Å². The molecular weight excluding hydrogens is 302 g/mol. The normalized spacial score (nSPS) is 10.6. The van der Waals surface area contributed by atoms with Gasteiger partial charge in [0.05, 0.1) is 0 Å². The van der Waals surface area contributed by atoms with Crippen molar-refractivity contribution < 1.29 is 4.74 Å². The van der Waals surface area contributed by atoms with Gasteiger partial charge >= 0.3 is 0 Å². The summed E-state index contributed by atoms with van der Waals surface area (Å²) in [5.41, 5.74) is 10.3. The van der Waals surface area contributed by atoms with Crippen LogP contribution in [0.3, 0.4) is 0 Å². The Morgan fingerprint density at radius 1 is 1.05 bits per heavy atom. The minimum atomic E-state index is 0.478. The molecule has 0 bridgehead atoms. The van der Waals surface area contributed by atoms with Gasteiger partial charge in [-0.25, -0.2) is 0 Å². The molecule has 0 atom stereocenters. The van der Waals surface area contributed by atoms with Crippen LogP contribution in [0.4, 0.5) is 0 Å². The molecule has 100 valence electrons. The van der Waals surface area contributed by atoms with Crippen molar-refractivity contribution >= 4 is 15.9 Å². The Hall–Kier alpha value is -1.32. The Morgan fingerprint density at radius 3 is 2.26 bits per heavy atom. The highest BCUT2D eigenvalue weighted by Crippen LogP contribution is 2.31. The molecule has 0 heterocycles. The first-order valence-electron chi connectivity index (χ1n) is 6.25. The second-order valence-electron chi connectivity index (χ2n) is 4.79. The standard InChI is InChI=1S/C16H18BrNO/c1-10-4-5-15(13(6-10)9-18)19-14-7-11(2)16(17)12(3)8-14/h4-8H,9,18H2,1-3H3. The Kier molecular flexibility index (Phi) is 4.27. The lowest BCUT2D eigenvalue weighted by Gasteiger charge is -2.13. The second kappa shape index (κ2) is 5.76. The van der Waals surface area contributed by atoms with Crippen LogP contribution in [0, 0.1) is 20.8 Å². The molecule has 2 rings (SSSR count). The monoisotopic (exact) mass is 319 g/mol. The molecule has 2 N–H and O–H groups in total. The highest BCUT2D eigenvalue weighted by molar-refractivity contribution is 9.10. The zero-order valence-corrected chi connectivity index (χ0v) is 13.0. The van der Waals surface area contributed by atoms with Gasteiger partial charge in [0.15, 0.2) is 0 Å². The van der Waals surface area contributed by atoms with E-state index in [1.54, 1.807) is 0 Å². The van der Waals surface area contributed by atoms with Crippen molar-refractivity contribution in [2.24, 2.45) is 5.73 Å². The highest BCUT2D eigenvalue weighted by Gasteiger charge is 2.07. The zero-order valence-electron chi connectivity index (χ0n) is 11.5. The van der Waals surface area contributed by atoms with Crippen LogP contribution in [0.15, 0.2) is 34.8 Å². The van der Waals surface area contributed by atoms with E-state index in [0.29, 0.717) is 6.54 Å². The van der Waals surface area contributed by atoms with Crippen molar-refractivity contribution in [3.63, 3.8) is 0 Å². The number of halogens is 1. The van der Waals surface area contributed by atoms with Crippen LogP contribution >= 0.6 is 15.9 Å². The number of nitrogens with two attached hydrogens (primary N) is 1. The minimum absolute atomic E-state index is 0.478. The van der Waals surface area contributed by atoms with Gasteiger partial charge in [0.2, 0.25) is 0 Å². The third kappa shape index (κ3) is 3.17. The fourth-order valence-corrected chi connectivity index (χ4v) is 2.29. The molecule has 2 aromatic carbocycles. The van der Waals surface area contributed by atoms with Gasteiger partial charge in [-0.3, -0.25) is 0 Å². The molecule has 0 aliphatic heterocycles. The molecule has 0 saturated heterocycles. The van der Waals surface area contributed by atoms with E-state index in [4.69, 9.17) is 10.5 Å². The smallest absolute Gasteiger partial charge is 0.131 e. The highest BCUT2D eigenvalue weighted by atomic mass is 79.9. The van der Waals surface area contributed by atoms with Crippen LogP contribution in [0.2, 0.25) is 0 Å². The molecule has 0 aliphatic carbocycles. The summed E-state index contributed by atoms with van der Waals surface area (Å²) in [6.45, 7) is 6.65. The molecule has 0 aromatic heterocycles. The summed E-state index contributed by atoms with van der Waals surface area (Å²) in [6.07, 6.45) is 0. The number of hydrogen-bond donors (Lipinski definition) is 1. The molecule has 0 amide bonds. The van der Waals surface area contributed by atoms with E-state index in [2.05, 4.69) is 42.8 Å². The van der Waals surface area contributed by atoms with Gasteiger partial charge in [0.1, 0.15) is 11.5 Å². The van der Waals surface area contributed by atoms with Gasteiger partial charge in [-0.2, -0.15) is 0 Å². The third-order valence-electron chi connectivity index (χ3n) is 3.07. The van der Waals surface area contributed by atoms with Gasteiger partial charge in [-0.15, -0.1) is 0 Å². The van der Waals surface area contributed by atoms with Crippen molar-refractivity contribution in [2.75, 3.05) is 0 Å². The summed E-state index contributed by atoms with van der Waals surface area (Å²) in [5, 5.41) is 0. The number of hydrogen-bond acceptors (Lipinski definition) is 2. The predicted molar refractivity (Wildman–Crippen MR) is 82.8 cm³/mol. The summed E-state index contributed by atoms with van der Waals surface area (Å²) in [7, 11) is 0. The first-order valence-corrected chi connectivity index (χ1v) is 7.04. The average molecular weight is 320 g/mol. The van der Waals surface area contributed by atoms with Crippen molar-refractivity contribution in [3.05, 3.63) is 57.1 Å². The van der Waals surface area contributed by atoms with E-state index in [-0.39, 0.29) is 0 Å². The quantitative estimate of drug-likeness (QED) is 0.895. The van der Waals surface area contributed by atoms with E-state index in [1.165, 1.54) is 5.56 Å². The summed E-state index contributed by atoms with van der Waals surface area (Å²) < 4.78 is 7.10. The van der Waals surface area contributed by atoms with Crippen LogP contribution in [0.1, 0.15) is 22.3 Å². The van der Waals surface area contributed by atoms with Gasteiger partial charge in [-0.05, 0) is 50.1 Å². The first kappa shape index (κ1) is 14.1. The lowest BCUT2D eigenvalue weighted by atomic mass is 10.1. The average Bonchev–Trinajstić information content (AvgIpc) is 2.38. The molecule has 0 aliphatic rings. The third-order valence-corrected chi connectivity index (χ3v) is 4.32. The molecule has 0 radical (unpaired) electrons. The molecule has 0 spiro atoms. The van der Waals surface area contributed by atoms with Crippen LogP contribution in [0.5, 0.6) is 11.5 Å². The number of ether oxygens (including phenoxy) is 1. The van der Waals surface area contributed by atoms with E-state index < -0.39 is 0 Å². The Bertz CT molecular complexity index is 585. The summed E-state index contributed by atoms with van der Waals surface area (Å²) in [5.74, 6) is 1.67. The van der Waals surface area contributed by atoms with Gasteiger partial charge < -0.3 is 10.5 Å². The predicted octanol–water partition coefficient (Wildman–Crippen LogP) is 4.63. The lowest BCUT2D eigenvalue weighted by molar-refractivity contribution is 0.475. The summed E-state index contributed by atoms with van der Waals surface area (Å²) in [4.78, 5) is 0. The molecule has 0 unspecified atom stereocenters. The Balaban J connectivity index is 2.36. The Labute approximate surface area is 122 Å². The molecular formula is C16H18BrNO. The second-order valence-corrected chi connectivity index (χ2v) is 5.58. The maximum Gasteiger partial charge on any atom is 0.131 e. The maximum atomic E-state index is 5.97. The van der Waals surface area contributed by atoms with E-state index in [9.17, 15) is 0 Å². The van der Waals surface area contributed by atoms with E-state index in [0.717, 1.165) is 32.7 Å². The van der Waals surface area contributed by atoms with Crippen LogP contribution in [-0.2, 0) is 6.54 Å². The van der Waals surface area contributed by atoms with Crippen molar-refractivity contribution in [3.8, 4) is 11.5 Å². The SMILES string of the molecule is Cc1ccc(Oc2cc(C)c(Br)c(C)c2)c(CN)c1. The topological polar surface area (TPSA) is 35.2 Å². The van der Waals surface area contributed by atoms with Crippen LogP contribution in [-0.4, -0.2) is 0 Å². The van der Waals surface area contributed by atoms with Gasteiger partial charge in [0, 0.05) is 16.6 Å². The molecule has 0 fully saturated rings. The van der Waals surface area contributed by atoms with Crippen molar-refractivity contribution in [1.29, 1.82) is 0 Å². The molecule has 2 aromatic rings. The number of rotatable bonds is 3. The minimum Gasteiger partial charge on any atom is -0.457 e. The fraction of sp³-hybridized carbons (Fsp3) is 0.250. The summed E-state index contributed by atoms with van der Waals surface area (Å²) >= 11 is 3.56. The van der Waals surface area contributed by atoms with Crippen LogP contribution in [0.25, 0.3) is 0 Å². The molecule has 19 heavy (non-hydrogen) atoms. The van der Waals surface area contributed by atoms with Crippen molar-refractivity contribution in [2.45, 2.75) is 27.3 Å². The largest absolute Gasteiger partial charge is 0.457 e. The fourth-order valence-electron chi connectivity index (χ4n) is 2.06. The number of aryl methyl sites for hydroxylation is 3. The zero-order chi connectivity index (χ0) is 14.0. The molecule has 3 heteroatoms. The molecule has 2 nitrogen and oxygen atoms in total. The van der Waals surface area contributed by atoms with E-state index in [1.807, 2.05) is 24.3 Å².